The zero-order valence-electron chi connectivity index (χ0n) is 17.5. The van der Waals surface area contributed by atoms with E-state index in [4.69, 9.17) is 9.11 Å². The van der Waals surface area contributed by atoms with Crippen molar-refractivity contribution in [3.63, 3.8) is 0 Å². The standard InChI is InChI=1S/C16H32N6O6S2/c1-4-5-6-9-17-14-20-15(18-10-7-12(2)29(23,24)25)22-16(21-14)19-11-8-13(3)30(26,27)28/h12-13H,4-11H2,1-3H3,(H,23,24,25)(H,26,27,28)(H3,17,18,19,20,21,22). The molecule has 174 valence electrons. The van der Waals surface area contributed by atoms with Crippen molar-refractivity contribution >= 4 is 38.1 Å². The van der Waals surface area contributed by atoms with Crippen LogP contribution in [0.5, 0.6) is 0 Å². The molecule has 0 aromatic carbocycles. The molecule has 0 saturated heterocycles. The summed E-state index contributed by atoms with van der Waals surface area (Å²) in [5.74, 6) is 0.725. The Balaban J connectivity index is 2.78. The van der Waals surface area contributed by atoms with Gasteiger partial charge in [-0.15, -0.1) is 0 Å². The van der Waals surface area contributed by atoms with E-state index >= 15 is 0 Å². The number of unbranched alkanes of at least 4 members (excludes halogenated alkanes) is 2. The van der Waals surface area contributed by atoms with E-state index in [9.17, 15) is 16.8 Å². The minimum atomic E-state index is -4.11. The molecule has 0 saturated carbocycles. The molecule has 2 unspecified atom stereocenters. The van der Waals surface area contributed by atoms with Crippen molar-refractivity contribution in [1.82, 2.24) is 15.0 Å². The Kier molecular flexibility index (Phi) is 10.7. The summed E-state index contributed by atoms with van der Waals surface area (Å²) in [4.78, 5) is 12.7. The van der Waals surface area contributed by atoms with Gasteiger partial charge in [0.25, 0.3) is 20.2 Å². The molecule has 0 radical (unpaired) electrons. The predicted molar refractivity (Wildman–Crippen MR) is 116 cm³/mol. The van der Waals surface area contributed by atoms with Crippen LogP contribution in [0, 0.1) is 0 Å². The van der Waals surface area contributed by atoms with E-state index in [0.29, 0.717) is 12.5 Å². The summed E-state index contributed by atoms with van der Waals surface area (Å²) < 4.78 is 62.5. The van der Waals surface area contributed by atoms with Crippen LogP contribution in [0.1, 0.15) is 52.9 Å². The second-order valence-corrected chi connectivity index (χ2v) is 10.7. The van der Waals surface area contributed by atoms with Gasteiger partial charge in [0, 0.05) is 19.6 Å². The van der Waals surface area contributed by atoms with E-state index < -0.39 is 30.7 Å². The van der Waals surface area contributed by atoms with Gasteiger partial charge in [-0.3, -0.25) is 9.11 Å². The van der Waals surface area contributed by atoms with Gasteiger partial charge in [0.15, 0.2) is 0 Å². The number of nitrogens with one attached hydrogen (secondary N) is 3. The van der Waals surface area contributed by atoms with Crippen LogP contribution in [0.15, 0.2) is 0 Å². The van der Waals surface area contributed by atoms with Gasteiger partial charge in [-0.05, 0) is 33.1 Å². The van der Waals surface area contributed by atoms with Gasteiger partial charge >= 0.3 is 0 Å². The second-order valence-electron chi connectivity index (χ2n) is 7.02. The van der Waals surface area contributed by atoms with Crippen LogP contribution in [-0.2, 0) is 20.2 Å². The Bertz CT molecular complexity index is 803. The lowest BCUT2D eigenvalue weighted by Gasteiger charge is -2.13. The lowest BCUT2D eigenvalue weighted by Crippen LogP contribution is -2.22. The molecule has 1 aromatic heterocycles. The molecule has 0 amide bonds. The molecule has 1 rings (SSSR count). The fourth-order valence-corrected chi connectivity index (χ4v) is 3.09. The Morgan fingerprint density at radius 3 is 1.43 bits per heavy atom. The van der Waals surface area contributed by atoms with Crippen molar-refractivity contribution in [2.45, 2.75) is 63.4 Å². The summed E-state index contributed by atoms with van der Waals surface area (Å²) in [6.07, 6.45) is 3.36. The van der Waals surface area contributed by atoms with E-state index in [-0.39, 0.29) is 37.8 Å². The minimum absolute atomic E-state index is 0.151. The summed E-state index contributed by atoms with van der Waals surface area (Å²) in [7, 11) is -8.22. The zero-order valence-corrected chi connectivity index (χ0v) is 19.1. The average molecular weight is 469 g/mol. The van der Waals surface area contributed by atoms with Crippen LogP contribution in [0.2, 0.25) is 0 Å². The van der Waals surface area contributed by atoms with E-state index in [1.54, 1.807) is 0 Å². The van der Waals surface area contributed by atoms with Crippen molar-refractivity contribution < 1.29 is 25.9 Å². The maximum Gasteiger partial charge on any atom is 0.267 e. The van der Waals surface area contributed by atoms with Gasteiger partial charge in [0.2, 0.25) is 17.8 Å². The van der Waals surface area contributed by atoms with Crippen LogP contribution in [0.3, 0.4) is 0 Å². The first-order valence-corrected chi connectivity index (χ1v) is 12.8. The van der Waals surface area contributed by atoms with Crippen LogP contribution in [0.4, 0.5) is 17.8 Å². The molecule has 0 aliphatic heterocycles. The fourth-order valence-electron chi connectivity index (χ4n) is 2.26. The minimum Gasteiger partial charge on any atom is -0.354 e. The normalized spacial score (nSPS) is 14.2. The highest BCUT2D eigenvalue weighted by Gasteiger charge is 2.18. The molecule has 0 fully saturated rings. The van der Waals surface area contributed by atoms with Crippen LogP contribution in [0.25, 0.3) is 0 Å². The fraction of sp³-hybridized carbons (Fsp3) is 0.812. The molecule has 14 heteroatoms. The highest BCUT2D eigenvalue weighted by Crippen LogP contribution is 2.12. The number of hydrogen-bond acceptors (Lipinski definition) is 10. The number of aromatic nitrogens is 3. The van der Waals surface area contributed by atoms with Gasteiger partial charge in [-0.2, -0.15) is 31.8 Å². The molecule has 1 heterocycles. The monoisotopic (exact) mass is 468 g/mol. The van der Waals surface area contributed by atoms with Crippen molar-refractivity contribution in [3.8, 4) is 0 Å². The summed E-state index contributed by atoms with van der Waals surface area (Å²) in [5.41, 5.74) is 0. The summed E-state index contributed by atoms with van der Waals surface area (Å²) >= 11 is 0. The lowest BCUT2D eigenvalue weighted by molar-refractivity contribution is 0.465. The first kappa shape index (κ1) is 26.3. The van der Waals surface area contributed by atoms with E-state index in [0.717, 1.165) is 19.3 Å². The topological polar surface area (TPSA) is 184 Å². The Hall–Kier alpha value is -1.77. The molecule has 2 atom stereocenters. The molecule has 5 N–H and O–H groups in total. The van der Waals surface area contributed by atoms with Crippen molar-refractivity contribution in [1.29, 1.82) is 0 Å². The van der Waals surface area contributed by atoms with Crippen molar-refractivity contribution in [2.24, 2.45) is 0 Å². The predicted octanol–water partition coefficient (Wildman–Crippen LogP) is 1.63. The van der Waals surface area contributed by atoms with E-state index in [1.807, 2.05) is 0 Å². The van der Waals surface area contributed by atoms with E-state index in [2.05, 4.69) is 37.8 Å². The third-order valence-corrected chi connectivity index (χ3v) is 6.89. The first-order chi connectivity index (χ1) is 13.9. The van der Waals surface area contributed by atoms with Crippen LogP contribution >= 0.6 is 0 Å². The molecule has 0 bridgehead atoms. The molecule has 12 nitrogen and oxygen atoms in total. The van der Waals surface area contributed by atoms with Gasteiger partial charge in [0.05, 0.1) is 10.5 Å². The molecule has 0 aliphatic rings. The number of anilines is 3. The smallest absolute Gasteiger partial charge is 0.267 e. The first-order valence-electron chi connectivity index (χ1n) is 9.83. The zero-order chi connectivity index (χ0) is 22.8. The Morgan fingerprint density at radius 2 is 1.10 bits per heavy atom. The second kappa shape index (κ2) is 12.2. The van der Waals surface area contributed by atoms with Crippen LogP contribution < -0.4 is 16.0 Å². The molecule has 0 aliphatic carbocycles. The Labute approximate surface area is 178 Å². The van der Waals surface area contributed by atoms with E-state index in [1.165, 1.54) is 13.8 Å². The van der Waals surface area contributed by atoms with Crippen molar-refractivity contribution in [2.75, 3.05) is 35.6 Å². The number of nitrogens with zero attached hydrogens (tertiary/aromatic N) is 3. The van der Waals surface area contributed by atoms with Crippen LogP contribution in [-0.4, -0.2) is 71.0 Å². The molecule has 1 aromatic rings. The molecular formula is C16H32N6O6S2. The van der Waals surface area contributed by atoms with Gasteiger partial charge in [-0.1, -0.05) is 19.8 Å². The third kappa shape index (κ3) is 10.3. The lowest BCUT2D eigenvalue weighted by atomic mass is 10.2. The third-order valence-electron chi connectivity index (χ3n) is 4.38. The highest BCUT2D eigenvalue weighted by atomic mass is 32.2. The van der Waals surface area contributed by atoms with Crippen molar-refractivity contribution in [3.05, 3.63) is 0 Å². The maximum atomic E-state index is 11.1. The number of hydrogen-bond donors (Lipinski definition) is 5. The summed E-state index contributed by atoms with van der Waals surface area (Å²) in [5, 5.41) is 7.03. The largest absolute Gasteiger partial charge is 0.354 e. The average Bonchev–Trinajstić information content (AvgIpc) is 2.63. The molecule has 30 heavy (non-hydrogen) atoms. The molecule has 0 spiro atoms. The van der Waals surface area contributed by atoms with Gasteiger partial charge in [-0.25, -0.2) is 0 Å². The SMILES string of the molecule is CCCCCNc1nc(NCCC(C)S(=O)(=O)O)nc(NCCC(C)S(=O)(=O)O)n1. The maximum absolute atomic E-state index is 11.1. The highest BCUT2D eigenvalue weighted by molar-refractivity contribution is 7.86. The summed E-state index contributed by atoms with van der Waals surface area (Å²) in [6.45, 7) is 5.96. The number of rotatable bonds is 15. The molecular weight excluding hydrogens is 436 g/mol. The Morgan fingerprint density at radius 1 is 0.733 bits per heavy atom. The van der Waals surface area contributed by atoms with Gasteiger partial charge in [0.1, 0.15) is 0 Å². The summed E-state index contributed by atoms with van der Waals surface area (Å²) in [6, 6.07) is 0. The van der Waals surface area contributed by atoms with Gasteiger partial charge < -0.3 is 16.0 Å². The quantitative estimate of drug-likeness (QED) is 0.185.